The molecule has 2 N–H and O–H groups in total. The van der Waals surface area contributed by atoms with E-state index in [2.05, 4.69) is 10.6 Å². The highest BCUT2D eigenvalue weighted by molar-refractivity contribution is 5.81. The summed E-state index contributed by atoms with van der Waals surface area (Å²) >= 11 is 0. The van der Waals surface area contributed by atoms with Crippen LogP contribution in [-0.2, 0) is 11.3 Å². The lowest BCUT2D eigenvalue weighted by Gasteiger charge is -2.31. The highest BCUT2D eigenvalue weighted by atomic mass is 16.5. The number of aliphatic imine (C=N–C) groups is 1. The molecular weight excluding hydrogens is 368 g/mol. The van der Waals surface area contributed by atoms with Crippen LogP contribution in [0.5, 0.6) is 11.5 Å². The highest BCUT2D eigenvalue weighted by Gasteiger charge is 2.24. The van der Waals surface area contributed by atoms with Gasteiger partial charge in [-0.15, -0.1) is 0 Å². The molecule has 2 aliphatic rings. The zero-order valence-electron chi connectivity index (χ0n) is 17.9. The number of ether oxygens (including phenoxy) is 2. The first-order valence-corrected chi connectivity index (χ1v) is 10.7. The number of benzene rings is 1. The molecule has 0 aromatic heterocycles. The molecule has 29 heavy (non-hydrogen) atoms. The molecule has 1 unspecified atom stereocenters. The standard InChI is InChI=1S/C22H34N4O3/c1-4-23-22(25-17-12-13-20(27)26(2)15-17)24-14-16-8-7-11-19(28-3)21(16)29-18-9-5-6-10-18/h7-8,11,17-18H,4-6,9-10,12-15H2,1-3H3,(H2,23,24,25). The van der Waals surface area contributed by atoms with Gasteiger partial charge in [0.25, 0.3) is 0 Å². The van der Waals surface area contributed by atoms with Crippen molar-refractivity contribution in [2.45, 2.75) is 64.1 Å². The van der Waals surface area contributed by atoms with E-state index in [1.807, 2.05) is 32.2 Å². The Kier molecular flexibility index (Phi) is 7.61. The molecule has 0 bridgehead atoms. The molecule has 1 atom stereocenters. The fraction of sp³-hybridized carbons (Fsp3) is 0.636. The molecule has 1 heterocycles. The Hall–Kier alpha value is -2.44. The van der Waals surface area contributed by atoms with Crippen molar-refractivity contribution in [1.29, 1.82) is 0 Å². The Morgan fingerprint density at radius 1 is 1.28 bits per heavy atom. The first kappa shape index (κ1) is 21.3. The predicted octanol–water partition coefficient (Wildman–Crippen LogP) is 2.69. The molecule has 0 spiro atoms. The van der Waals surface area contributed by atoms with Crippen molar-refractivity contribution in [2.75, 3.05) is 27.2 Å². The number of amides is 1. The fourth-order valence-electron chi connectivity index (χ4n) is 3.96. The number of guanidine groups is 1. The molecule has 1 saturated carbocycles. The molecule has 1 amide bonds. The summed E-state index contributed by atoms with van der Waals surface area (Å²) in [6.07, 6.45) is 6.29. The maximum atomic E-state index is 11.7. The molecule has 0 radical (unpaired) electrons. The molecule has 3 rings (SSSR count). The number of piperidine rings is 1. The van der Waals surface area contributed by atoms with Crippen LogP contribution in [0.1, 0.15) is 51.0 Å². The molecule has 1 aliphatic heterocycles. The lowest BCUT2D eigenvalue weighted by Crippen LogP contribution is -2.51. The van der Waals surface area contributed by atoms with Crippen molar-refractivity contribution in [3.63, 3.8) is 0 Å². The van der Waals surface area contributed by atoms with Crippen LogP contribution in [0, 0.1) is 0 Å². The van der Waals surface area contributed by atoms with E-state index in [4.69, 9.17) is 14.5 Å². The third-order valence-corrected chi connectivity index (χ3v) is 5.59. The zero-order chi connectivity index (χ0) is 20.6. The number of likely N-dealkylation sites (N-methyl/N-ethyl adjacent to an activating group) is 1. The van der Waals surface area contributed by atoms with Gasteiger partial charge >= 0.3 is 0 Å². The average Bonchev–Trinajstić information content (AvgIpc) is 3.23. The van der Waals surface area contributed by atoms with Gasteiger partial charge in [0, 0.05) is 38.2 Å². The van der Waals surface area contributed by atoms with Gasteiger partial charge in [-0.05, 0) is 45.1 Å². The van der Waals surface area contributed by atoms with E-state index >= 15 is 0 Å². The van der Waals surface area contributed by atoms with Crippen LogP contribution in [-0.4, -0.2) is 56.2 Å². The van der Waals surface area contributed by atoms with Gasteiger partial charge in [0.15, 0.2) is 17.5 Å². The van der Waals surface area contributed by atoms with Gasteiger partial charge in [0.2, 0.25) is 5.91 Å². The van der Waals surface area contributed by atoms with E-state index < -0.39 is 0 Å². The summed E-state index contributed by atoms with van der Waals surface area (Å²) in [5.41, 5.74) is 1.02. The topological polar surface area (TPSA) is 75.2 Å². The van der Waals surface area contributed by atoms with E-state index in [1.54, 1.807) is 12.0 Å². The molecule has 1 saturated heterocycles. The molecule has 160 valence electrons. The second kappa shape index (κ2) is 10.4. The molecule has 1 aromatic rings. The van der Waals surface area contributed by atoms with Gasteiger partial charge in [-0.2, -0.15) is 0 Å². The minimum Gasteiger partial charge on any atom is -0.493 e. The van der Waals surface area contributed by atoms with E-state index in [-0.39, 0.29) is 18.1 Å². The minimum atomic E-state index is 0.204. The first-order valence-electron chi connectivity index (χ1n) is 10.7. The lowest BCUT2D eigenvalue weighted by molar-refractivity contribution is -0.132. The van der Waals surface area contributed by atoms with E-state index in [1.165, 1.54) is 12.8 Å². The van der Waals surface area contributed by atoms with Gasteiger partial charge < -0.3 is 25.0 Å². The number of nitrogens with one attached hydrogen (secondary N) is 2. The van der Waals surface area contributed by atoms with Crippen LogP contribution in [0.2, 0.25) is 0 Å². The van der Waals surface area contributed by atoms with E-state index in [0.29, 0.717) is 19.5 Å². The van der Waals surface area contributed by atoms with Gasteiger partial charge in [-0.25, -0.2) is 4.99 Å². The van der Waals surface area contributed by atoms with Crippen LogP contribution in [0.4, 0.5) is 0 Å². The van der Waals surface area contributed by atoms with Gasteiger partial charge in [0.05, 0.1) is 19.8 Å². The maximum Gasteiger partial charge on any atom is 0.222 e. The minimum absolute atomic E-state index is 0.204. The Morgan fingerprint density at radius 3 is 2.76 bits per heavy atom. The Labute approximate surface area is 173 Å². The monoisotopic (exact) mass is 402 g/mol. The van der Waals surface area contributed by atoms with E-state index in [0.717, 1.165) is 48.8 Å². The molecule has 7 heteroatoms. The van der Waals surface area contributed by atoms with Crippen LogP contribution in [0.25, 0.3) is 0 Å². The van der Waals surface area contributed by atoms with Gasteiger partial charge in [-0.1, -0.05) is 12.1 Å². The zero-order valence-corrected chi connectivity index (χ0v) is 17.9. The van der Waals surface area contributed by atoms with Crippen molar-refractivity contribution in [3.05, 3.63) is 23.8 Å². The number of carbonyl (C=O) groups excluding carboxylic acids is 1. The van der Waals surface area contributed by atoms with Crippen molar-refractivity contribution >= 4 is 11.9 Å². The molecule has 1 aromatic carbocycles. The number of rotatable bonds is 7. The Bertz CT molecular complexity index is 716. The number of methoxy groups -OCH3 is 1. The molecule has 2 fully saturated rings. The number of para-hydroxylation sites is 1. The number of nitrogens with zero attached hydrogens (tertiary/aromatic N) is 2. The summed E-state index contributed by atoms with van der Waals surface area (Å²) in [6.45, 7) is 4.01. The number of carbonyl (C=O) groups is 1. The molecule has 7 nitrogen and oxygen atoms in total. The van der Waals surface area contributed by atoms with Crippen LogP contribution in [0.15, 0.2) is 23.2 Å². The number of hydrogen-bond acceptors (Lipinski definition) is 4. The van der Waals surface area contributed by atoms with Gasteiger partial charge in [0.1, 0.15) is 0 Å². The summed E-state index contributed by atoms with van der Waals surface area (Å²) in [7, 11) is 3.53. The first-order chi connectivity index (χ1) is 14.1. The number of hydrogen-bond donors (Lipinski definition) is 2. The summed E-state index contributed by atoms with van der Waals surface area (Å²) in [4.78, 5) is 18.3. The second-order valence-electron chi connectivity index (χ2n) is 7.82. The Morgan fingerprint density at radius 2 is 2.07 bits per heavy atom. The summed E-state index contributed by atoms with van der Waals surface area (Å²) in [5, 5.41) is 6.78. The maximum absolute atomic E-state index is 11.7. The molecule has 1 aliphatic carbocycles. The van der Waals surface area contributed by atoms with Crippen molar-refractivity contribution in [1.82, 2.24) is 15.5 Å². The van der Waals surface area contributed by atoms with Crippen LogP contribution in [0.3, 0.4) is 0 Å². The second-order valence-corrected chi connectivity index (χ2v) is 7.82. The largest absolute Gasteiger partial charge is 0.493 e. The normalized spacial score (nSPS) is 20.7. The summed E-state index contributed by atoms with van der Waals surface area (Å²) < 4.78 is 11.9. The van der Waals surface area contributed by atoms with Gasteiger partial charge in [-0.3, -0.25) is 4.79 Å². The predicted molar refractivity (Wildman–Crippen MR) is 114 cm³/mol. The SMILES string of the molecule is CCNC(=NCc1cccc(OC)c1OC1CCCC1)NC1CCC(=O)N(C)C1. The third kappa shape index (κ3) is 5.78. The fourth-order valence-corrected chi connectivity index (χ4v) is 3.96. The average molecular weight is 403 g/mol. The summed E-state index contributed by atoms with van der Waals surface area (Å²) in [5.74, 6) is 2.53. The molecular formula is C22H34N4O3. The highest BCUT2D eigenvalue weighted by Crippen LogP contribution is 2.35. The lowest BCUT2D eigenvalue weighted by atomic mass is 10.1. The quantitative estimate of drug-likeness (QED) is 0.542. The Balaban J connectivity index is 1.71. The van der Waals surface area contributed by atoms with Crippen LogP contribution >= 0.6 is 0 Å². The van der Waals surface area contributed by atoms with Crippen LogP contribution < -0.4 is 20.1 Å². The summed E-state index contributed by atoms with van der Waals surface area (Å²) in [6, 6.07) is 6.17. The third-order valence-electron chi connectivity index (χ3n) is 5.59. The van der Waals surface area contributed by atoms with Crippen molar-refractivity contribution < 1.29 is 14.3 Å². The smallest absolute Gasteiger partial charge is 0.222 e. The van der Waals surface area contributed by atoms with Crippen molar-refractivity contribution in [2.24, 2.45) is 4.99 Å². The van der Waals surface area contributed by atoms with Crippen molar-refractivity contribution in [3.8, 4) is 11.5 Å². The van der Waals surface area contributed by atoms with E-state index in [9.17, 15) is 4.79 Å². The number of likely N-dealkylation sites (tertiary alicyclic amines) is 1.